The van der Waals surface area contributed by atoms with Crippen molar-refractivity contribution in [3.05, 3.63) is 0 Å². The first-order valence-electron chi connectivity index (χ1n) is 6.68. The van der Waals surface area contributed by atoms with Crippen LogP contribution in [0.15, 0.2) is 0 Å². The average molecular weight is 259 g/mol. The maximum absolute atomic E-state index is 11.3. The van der Waals surface area contributed by atoms with Gasteiger partial charge in [-0.2, -0.15) is 0 Å². The summed E-state index contributed by atoms with van der Waals surface area (Å²) in [6.07, 6.45) is 5.78. The lowest BCUT2D eigenvalue weighted by Crippen LogP contribution is -2.23. The Labute approximate surface area is 109 Å². The Bertz CT molecular complexity index is 231. The number of hydrogen-bond acceptors (Lipinski definition) is 4. The Balaban J connectivity index is 3.22. The number of esters is 1. The summed E-state index contributed by atoms with van der Waals surface area (Å²) in [4.78, 5) is 22.0. The van der Waals surface area contributed by atoms with Gasteiger partial charge in [0.25, 0.3) is 0 Å². The monoisotopic (exact) mass is 259 g/mol. The van der Waals surface area contributed by atoms with Gasteiger partial charge in [0.05, 0.1) is 13.7 Å². The molecule has 0 heterocycles. The third-order valence-electron chi connectivity index (χ3n) is 2.52. The molecule has 0 aromatic rings. The zero-order chi connectivity index (χ0) is 13.6. The molecule has 5 nitrogen and oxygen atoms in total. The molecule has 0 radical (unpaired) electrons. The second-order valence-electron chi connectivity index (χ2n) is 4.16. The van der Waals surface area contributed by atoms with Gasteiger partial charge in [-0.1, -0.05) is 26.2 Å². The van der Waals surface area contributed by atoms with Crippen LogP contribution in [0.3, 0.4) is 0 Å². The second-order valence-corrected chi connectivity index (χ2v) is 4.16. The topological polar surface area (TPSA) is 64.6 Å². The number of nitrogens with one attached hydrogen (secondary N) is 1. The van der Waals surface area contributed by atoms with Gasteiger partial charge in [0.2, 0.25) is 0 Å². The normalized spacial score (nSPS) is 9.89. The molecule has 0 aliphatic carbocycles. The van der Waals surface area contributed by atoms with Crippen molar-refractivity contribution in [2.24, 2.45) is 0 Å². The predicted octanol–water partition coefficient (Wildman–Crippen LogP) is 2.64. The van der Waals surface area contributed by atoms with Gasteiger partial charge in [-0.25, -0.2) is 4.79 Å². The van der Waals surface area contributed by atoms with Gasteiger partial charge in [0.15, 0.2) is 0 Å². The third kappa shape index (κ3) is 11.2. The van der Waals surface area contributed by atoms with Crippen molar-refractivity contribution in [2.75, 3.05) is 20.3 Å². The van der Waals surface area contributed by atoms with Gasteiger partial charge < -0.3 is 14.8 Å². The van der Waals surface area contributed by atoms with E-state index >= 15 is 0 Å². The van der Waals surface area contributed by atoms with Crippen LogP contribution in [0.5, 0.6) is 0 Å². The largest absolute Gasteiger partial charge is 0.466 e. The number of alkyl carbamates (subject to hydrolysis) is 1. The van der Waals surface area contributed by atoms with Crippen LogP contribution in [0, 0.1) is 0 Å². The molecule has 0 aliphatic rings. The van der Waals surface area contributed by atoms with E-state index < -0.39 is 6.09 Å². The van der Waals surface area contributed by atoms with Crippen molar-refractivity contribution in [1.29, 1.82) is 0 Å². The summed E-state index contributed by atoms with van der Waals surface area (Å²) >= 11 is 0. The van der Waals surface area contributed by atoms with Crippen LogP contribution in [0.2, 0.25) is 0 Å². The van der Waals surface area contributed by atoms with E-state index in [1.807, 2.05) is 0 Å². The number of carbonyl (C=O) groups excluding carboxylic acids is 2. The van der Waals surface area contributed by atoms with Crippen molar-refractivity contribution in [2.45, 2.75) is 51.9 Å². The summed E-state index contributed by atoms with van der Waals surface area (Å²) in [5, 5.41) is 2.59. The van der Waals surface area contributed by atoms with E-state index in [0.29, 0.717) is 19.6 Å². The molecular formula is C13H25NO4. The summed E-state index contributed by atoms with van der Waals surface area (Å²) in [5.41, 5.74) is 0. The number of ether oxygens (including phenoxy) is 2. The van der Waals surface area contributed by atoms with E-state index in [-0.39, 0.29) is 5.97 Å². The maximum Gasteiger partial charge on any atom is 0.406 e. The first-order chi connectivity index (χ1) is 8.70. The molecule has 0 aromatic carbocycles. The molecular weight excluding hydrogens is 234 g/mol. The Morgan fingerprint density at radius 1 is 1.06 bits per heavy atom. The van der Waals surface area contributed by atoms with E-state index in [4.69, 9.17) is 4.74 Å². The third-order valence-corrected chi connectivity index (χ3v) is 2.52. The van der Waals surface area contributed by atoms with Crippen LogP contribution in [-0.2, 0) is 14.3 Å². The van der Waals surface area contributed by atoms with Crippen molar-refractivity contribution in [3.63, 3.8) is 0 Å². The van der Waals surface area contributed by atoms with E-state index in [1.54, 1.807) is 0 Å². The number of hydrogen-bond donors (Lipinski definition) is 1. The van der Waals surface area contributed by atoms with Crippen molar-refractivity contribution in [1.82, 2.24) is 5.32 Å². The number of rotatable bonds is 10. The summed E-state index contributed by atoms with van der Waals surface area (Å²) in [6, 6.07) is 0. The highest BCUT2D eigenvalue weighted by Gasteiger charge is 2.02. The van der Waals surface area contributed by atoms with Gasteiger partial charge in [-0.3, -0.25) is 4.79 Å². The molecule has 0 bridgehead atoms. The van der Waals surface area contributed by atoms with Crippen LogP contribution >= 0.6 is 0 Å². The Morgan fingerprint density at radius 2 is 1.83 bits per heavy atom. The SMILES string of the molecule is CCCCCOC(=O)CCCCCNC(=O)OC. The molecule has 0 saturated heterocycles. The minimum Gasteiger partial charge on any atom is -0.466 e. The van der Waals surface area contributed by atoms with E-state index in [1.165, 1.54) is 7.11 Å². The first kappa shape index (κ1) is 16.7. The lowest BCUT2D eigenvalue weighted by molar-refractivity contribution is -0.143. The van der Waals surface area contributed by atoms with E-state index in [9.17, 15) is 9.59 Å². The zero-order valence-electron chi connectivity index (χ0n) is 11.5. The van der Waals surface area contributed by atoms with E-state index in [0.717, 1.165) is 38.5 Å². The molecule has 0 atom stereocenters. The average Bonchev–Trinajstić information content (AvgIpc) is 2.38. The smallest absolute Gasteiger partial charge is 0.406 e. The molecule has 0 unspecified atom stereocenters. The molecule has 106 valence electrons. The van der Waals surface area contributed by atoms with Gasteiger partial charge >= 0.3 is 12.1 Å². The minimum absolute atomic E-state index is 0.118. The van der Waals surface area contributed by atoms with Gasteiger partial charge in [-0.15, -0.1) is 0 Å². The Kier molecular flexibility index (Phi) is 11.3. The fourth-order valence-electron chi connectivity index (χ4n) is 1.44. The summed E-state index contributed by atoms with van der Waals surface area (Å²) in [6.45, 7) is 3.24. The molecule has 5 heteroatoms. The maximum atomic E-state index is 11.3. The molecule has 0 fully saturated rings. The summed E-state index contributed by atoms with van der Waals surface area (Å²) in [5.74, 6) is -0.118. The molecule has 0 spiro atoms. The minimum atomic E-state index is -0.412. The highest BCUT2D eigenvalue weighted by molar-refractivity contribution is 5.69. The van der Waals surface area contributed by atoms with Crippen LogP contribution in [-0.4, -0.2) is 32.3 Å². The molecule has 1 amide bonds. The molecule has 0 aliphatic heterocycles. The summed E-state index contributed by atoms with van der Waals surface area (Å²) in [7, 11) is 1.34. The number of carbonyl (C=O) groups is 2. The lowest BCUT2D eigenvalue weighted by Gasteiger charge is -2.05. The standard InChI is InChI=1S/C13H25NO4/c1-3-4-8-11-18-12(15)9-6-5-7-10-14-13(16)17-2/h3-11H2,1-2H3,(H,14,16). The molecule has 0 aromatic heterocycles. The van der Waals surface area contributed by atoms with Crippen LogP contribution < -0.4 is 5.32 Å². The van der Waals surface area contributed by atoms with Crippen LogP contribution in [0.1, 0.15) is 51.9 Å². The van der Waals surface area contributed by atoms with Crippen molar-refractivity contribution >= 4 is 12.1 Å². The van der Waals surface area contributed by atoms with Crippen LogP contribution in [0.4, 0.5) is 4.79 Å². The summed E-state index contributed by atoms with van der Waals surface area (Å²) < 4.78 is 9.51. The molecule has 0 saturated carbocycles. The van der Waals surface area contributed by atoms with Gasteiger partial charge in [-0.05, 0) is 19.3 Å². The molecule has 1 N–H and O–H groups in total. The first-order valence-corrected chi connectivity index (χ1v) is 6.68. The van der Waals surface area contributed by atoms with Gasteiger partial charge in [0, 0.05) is 13.0 Å². The highest BCUT2D eigenvalue weighted by atomic mass is 16.5. The fraction of sp³-hybridized carbons (Fsp3) is 0.846. The van der Waals surface area contributed by atoms with Crippen LogP contribution in [0.25, 0.3) is 0 Å². The predicted molar refractivity (Wildman–Crippen MR) is 69.4 cm³/mol. The highest BCUT2D eigenvalue weighted by Crippen LogP contribution is 2.02. The number of amides is 1. The molecule has 18 heavy (non-hydrogen) atoms. The van der Waals surface area contributed by atoms with Crippen molar-refractivity contribution < 1.29 is 19.1 Å². The number of methoxy groups -OCH3 is 1. The number of unbranched alkanes of at least 4 members (excludes halogenated alkanes) is 4. The Hall–Kier alpha value is -1.26. The van der Waals surface area contributed by atoms with Gasteiger partial charge in [0.1, 0.15) is 0 Å². The van der Waals surface area contributed by atoms with E-state index in [2.05, 4.69) is 17.0 Å². The van der Waals surface area contributed by atoms with Crippen molar-refractivity contribution in [3.8, 4) is 0 Å². The zero-order valence-corrected chi connectivity index (χ0v) is 11.5. The molecule has 0 rings (SSSR count). The second kappa shape index (κ2) is 12.2. The quantitative estimate of drug-likeness (QED) is 0.484. The Morgan fingerprint density at radius 3 is 2.50 bits per heavy atom. The lowest BCUT2D eigenvalue weighted by atomic mass is 10.2. The fourth-order valence-corrected chi connectivity index (χ4v) is 1.44.